The van der Waals surface area contributed by atoms with Crippen LogP contribution in [0.5, 0.6) is 0 Å². The van der Waals surface area contributed by atoms with Crippen LogP contribution < -0.4 is 0 Å². The molecule has 1 amide bonds. The molecule has 0 aliphatic carbocycles. The molecule has 2 aromatic rings. The minimum Gasteiger partial charge on any atom is -0.507 e. The number of likely N-dealkylation sites (tertiary alicyclic amines) is 1. The molecule has 0 unspecified atom stereocenters. The van der Waals surface area contributed by atoms with Crippen molar-refractivity contribution in [3.05, 3.63) is 75.5 Å². The lowest BCUT2D eigenvalue weighted by atomic mass is 9.95. The van der Waals surface area contributed by atoms with Crippen molar-refractivity contribution >= 4 is 33.4 Å². The Labute approximate surface area is 241 Å². The molecule has 1 aliphatic rings. The summed E-state index contributed by atoms with van der Waals surface area (Å²) in [5, 5.41) is 11.1. The lowest BCUT2D eigenvalue weighted by molar-refractivity contribution is -0.139. The van der Waals surface area contributed by atoms with E-state index in [0.717, 1.165) is 23.7 Å². The number of carbonyl (C=O) groups is 2. The van der Waals surface area contributed by atoms with Crippen LogP contribution in [0, 0.1) is 5.82 Å². The highest BCUT2D eigenvalue weighted by Crippen LogP contribution is 2.40. The van der Waals surface area contributed by atoms with Crippen molar-refractivity contribution in [3.63, 3.8) is 0 Å². The molecule has 1 aliphatic heterocycles. The van der Waals surface area contributed by atoms with Crippen molar-refractivity contribution in [1.29, 1.82) is 0 Å². The van der Waals surface area contributed by atoms with Gasteiger partial charge >= 0.3 is 0 Å². The van der Waals surface area contributed by atoms with Gasteiger partial charge in [-0.05, 0) is 36.2 Å². The average molecular weight is 601 g/mol. The van der Waals surface area contributed by atoms with Gasteiger partial charge in [0, 0.05) is 16.6 Å². The number of carbonyl (C=O) groups excluding carboxylic acids is 2. The van der Waals surface area contributed by atoms with Gasteiger partial charge in [0.2, 0.25) is 0 Å². The lowest BCUT2D eigenvalue weighted by Crippen LogP contribution is -2.30. The van der Waals surface area contributed by atoms with Gasteiger partial charge in [0.05, 0.1) is 11.6 Å². The zero-order valence-corrected chi connectivity index (χ0v) is 24.9. The first kappa shape index (κ1) is 31.1. The molecule has 0 aromatic heterocycles. The summed E-state index contributed by atoms with van der Waals surface area (Å²) in [5.74, 6) is -1.93. The summed E-state index contributed by atoms with van der Waals surface area (Å²) in [4.78, 5) is 27.7. The van der Waals surface area contributed by atoms with Gasteiger partial charge in [-0.15, -0.1) is 0 Å². The van der Waals surface area contributed by atoms with Gasteiger partial charge < -0.3 is 10.0 Å². The fourth-order valence-electron chi connectivity index (χ4n) is 5.37. The molecule has 1 saturated heterocycles. The molecule has 6 heteroatoms. The summed E-state index contributed by atoms with van der Waals surface area (Å²) in [6.07, 6.45) is 17.3. The van der Waals surface area contributed by atoms with Crippen LogP contribution in [0.25, 0.3) is 5.76 Å². The second-order valence-electron chi connectivity index (χ2n) is 10.7. The largest absolute Gasteiger partial charge is 0.507 e. The summed E-state index contributed by atoms with van der Waals surface area (Å²) in [5.41, 5.74) is 1.11. The molecule has 0 spiro atoms. The summed E-state index contributed by atoms with van der Waals surface area (Å²) >= 11 is 3.39. The van der Waals surface area contributed by atoms with Gasteiger partial charge in [0.25, 0.3) is 11.7 Å². The normalized spacial score (nSPS) is 16.8. The summed E-state index contributed by atoms with van der Waals surface area (Å²) in [7, 11) is 0. The van der Waals surface area contributed by atoms with Crippen LogP contribution >= 0.6 is 15.9 Å². The van der Waals surface area contributed by atoms with Crippen LogP contribution in [0.4, 0.5) is 4.39 Å². The molecule has 1 fully saturated rings. The number of halogens is 2. The van der Waals surface area contributed by atoms with E-state index in [0.29, 0.717) is 17.7 Å². The van der Waals surface area contributed by atoms with Crippen LogP contribution in [0.1, 0.15) is 114 Å². The van der Waals surface area contributed by atoms with Gasteiger partial charge in [-0.1, -0.05) is 131 Å². The Balaban J connectivity index is 1.53. The fourth-order valence-corrected chi connectivity index (χ4v) is 5.77. The first-order chi connectivity index (χ1) is 18.9. The van der Waals surface area contributed by atoms with Crippen LogP contribution in [0.15, 0.2) is 58.6 Å². The van der Waals surface area contributed by atoms with E-state index in [-0.39, 0.29) is 11.3 Å². The van der Waals surface area contributed by atoms with Crippen LogP contribution in [-0.2, 0) is 9.59 Å². The number of rotatable bonds is 17. The maximum atomic E-state index is 13.7. The summed E-state index contributed by atoms with van der Waals surface area (Å²) in [6.45, 7) is 2.67. The Hall–Kier alpha value is -2.47. The Morgan fingerprint density at radius 2 is 1.36 bits per heavy atom. The number of ketones is 1. The minimum absolute atomic E-state index is 0.0510. The lowest BCUT2D eigenvalue weighted by Gasteiger charge is -2.25. The van der Waals surface area contributed by atoms with E-state index in [4.69, 9.17) is 0 Å². The minimum atomic E-state index is -0.744. The zero-order valence-electron chi connectivity index (χ0n) is 23.3. The van der Waals surface area contributed by atoms with Crippen LogP contribution in [0.3, 0.4) is 0 Å². The third-order valence-corrected chi connectivity index (χ3v) is 8.07. The van der Waals surface area contributed by atoms with Crippen LogP contribution in [0.2, 0.25) is 0 Å². The molecule has 2 aromatic carbocycles. The SMILES string of the molecule is CCCCCCCCCCCCCCCCN1C(=O)C(=O)/C(=C(/O)c2cccc(Br)c2)[C@H]1c1ccc(F)cc1. The van der Waals surface area contributed by atoms with Crippen molar-refractivity contribution in [2.75, 3.05) is 6.54 Å². The summed E-state index contributed by atoms with van der Waals surface area (Å²) < 4.78 is 14.4. The molecule has 1 atom stereocenters. The van der Waals surface area contributed by atoms with E-state index < -0.39 is 23.5 Å². The van der Waals surface area contributed by atoms with E-state index in [1.165, 1.54) is 82.8 Å². The van der Waals surface area contributed by atoms with Gasteiger partial charge in [-0.2, -0.15) is 0 Å². The Bertz CT molecular complexity index is 1100. The molecule has 4 nitrogen and oxygen atoms in total. The highest BCUT2D eigenvalue weighted by atomic mass is 79.9. The number of Topliss-reactive ketones (excluding diaryl/α,β-unsaturated/α-hetero) is 1. The Kier molecular flexibility index (Phi) is 13.2. The standard InChI is InChI=1S/C33H43BrFNO3/c1-2-3-4-5-6-7-8-9-10-11-12-13-14-15-23-36-30(25-19-21-28(35)22-20-25)29(32(38)33(36)39)31(37)26-17-16-18-27(34)24-26/h16-22,24,30,37H,2-15,23H2,1H3/b31-29+/t30-/m1/s1. The van der Waals surface area contributed by atoms with Gasteiger partial charge in [-0.25, -0.2) is 4.39 Å². The number of hydrogen-bond acceptors (Lipinski definition) is 3. The molecule has 1 heterocycles. The number of aliphatic hydroxyl groups is 1. The number of unbranched alkanes of at least 4 members (excludes halogenated alkanes) is 13. The molecular weight excluding hydrogens is 557 g/mol. The maximum absolute atomic E-state index is 13.7. The van der Waals surface area contributed by atoms with Gasteiger partial charge in [-0.3, -0.25) is 9.59 Å². The molecule has 212 valence electrons. The zero-order chi connectivity index (χ0) is 28.0. The molecule has 3 rings (SSSR count). The fraction of sp³-hybridized carbons (Fsp3) is 0.515. The van der Waals surface area contributed by atoms with Gasteiger partial charge in [0.15, 0.2) is 0 Å². The van der Waals surface area contributed by atoms with Crippen molar-refractivity contribution in [3.8, 4) is 0 Å². The molecule has 39 heavy (non-hydrogen) atoms. The van der Waals surface area contributed by atoms with Gasteiger partial charge in [0.1, 0.15) is 11.6 Å². The molecular formula is C33H43BrFNO3. The number of nitrogens with zero attached hydrogens (tertiary/aromatic N) is 1. The summed E-state index contributed by atoms with van der Waals surface area (Å²) in [6, 6.07) is 12.0. The topological polar surface area (TPSA) is 57.6 Å². The van der Waals surface area contributed by atoms with Crippen molar-refractivity contribution in [1.82, 2.24) is 4.90 Å². The van der Waals surface area contributed by atoms with Crippen LogP contribution in [-0.4, -0.2) is 28.2 Å². The van der Waals surface area contributed by atoms with Crippen molar-refractivity contribution < 1.29 is 19.1 Å². The second-order valence-corrected chi connectivity index (χ2v) is 11.6. The van der Waals surface area contributed by atoms with E-state index >= 15 is 0 Å². The predicted octanol–water partition coefficient (Wildman–Crippen LogP) is 9.49. The average Bonchev–Trinajstić information content (AvgIpc) is 3.18. The first-order valence-electron chi connectivity index (χ1n) is 14.7. The number of aliphatic hydroxyl groups excluding tert-OH is 1. The smallest absolute Gasteiger partial charge is 0.295 e. The molecule has 0 saturated carbocycles. The van der Waals surface area contributed by atoms with Crippen molar-refractivity contribution in [2.24, 2.45) is 0 Å². The highest BCUT2D eigenvalue weighted by molar-refractivity contribution is 9.10. The maximum Gasteiger partial charge on any atom is 0.295 e. The van der Waals surface area contributed by atoms with E-state index in [1.807, 2.05) is 6.07 Å². The second kappa shape index (κ2) is 16.6. The van der Waals surface area contributed by atoms with E-state index in [2.05, 4.69) is 22.9 Å². The third kappa shape index (κ3) is 9.30. The molecule has 0 radical (unpaired) electrons. The van der Waals surface area contributed by atoms with E-state index in [1.54, 1.807) is 35.2 Å². The third-order valence-electron chi connectivity index (χ3n) is 7.58. The molecule has 0 bridgehead atoms. The Morgan fingerprint density at radius 3 is 1.90 bits per heavy atom. The predicted molar refractivity (Wildman–Crippen MR) is 160 cm³/mol. The monoisotopic (exact) mass is 599 g/mol. The highest BCUT2D eigenvalue weighted by Gasteiger charge is 2.45. The molecule has 1 N–H and O–H groups in total. The number of amides is 1. The number of benzene rings is 2. The number of hydrogen-bond donors (Lipinski definition) is 1. The van der Waals surface area contributed by atoms with E-state index in [9.17, 15) is 19.1 Å². The van der Waals surface area contributed by atoms with Crippen molar-refractivity contribution in [2.45, 2.75) is 103 Å². The first-order valence-corrected chi connectivity index (χ1v) is 15.5. The Morgan fingerprint density at radius 1 is 0.821 bits per heavy atom. The quantitative estimate of drug-likeness (QED) is 0.0852.